The molecule has 1 fully saturated rings. The van der Waals surface area contributed by atoms with E-state index < -0.39 is 22.3 Å². The number of nitrogens with zero attached hydrogens (tertiary/aromatic N) is 4. The van der Waals surface area contributed by atoms with E-state index in [-0.39, 0.29) is 20.1 Å². The van der Waals surface area contributed by atoms with E-state index in [2.05, 4.69) is 29.1 Å². The van der Waals surface area contributed by atoms with Gasteiger partial charge in [0.15, 0.2) is 5.65 Å². The number of aliphatic hydroxyl groups excluding tert-OH is 1. The number of aliphatic hydroxyl groups is 1. The second-order valence-electron chi connectivity index (χ2n) is 7.69. The average molecular weight is 473 g/mol. The SMILES string of the molecule is C.NS(=O)(=O)OC[C@@H]1C[C@@H](Oc2ncnc3nc(-c4cncc5ccccc45)[nH]c23)C[C@@H]1O. The van der Waals surface area contributed by atoms with Crippen LogP contribution in [0.3, 0.4) is 0 Å². The zero-order valence-electron chi connectivity index (χ0n) is 16.7. The highest BCUT2D eigenvalue weighted by molar-refractivity contribution is 7.84. The maximum absolute atomic E-state index is 11.0. The van der Waals surface area contributed by atoms with Crippen molar-refractivity contribution in [3.63, 3.8) is 0 Å². The van der Waals surface area contributed by atoms with Gasteiger partial charge >= 0.3 is 10.3 Å². The number of hydrogen-bond donors (Lipinski definition) is 3. The lowest BCUT2D eigenvalue weighted by Crippen LogP contribution is -2.24. The molecule has 1 aromatic carbocycles. The Kier molecular flexibility index (Phi) is 6.26. The van der Waals surface area contributed by atoms with Crippen molar-refractivity contribution in [2.24, 2.45) is 11.1 Å². The maximum Gasteiger partial charge on any atom is 0.333 e. The number of nitrogens with one attached hydrogen (secondary N) is 1. The van der Waals surface area contributed by atoms with E-state index in [1.165, 1.54) is 6.33 Å². The van der Waals surface area contributed by atoms with E-state index >= 15 is 0 Å². The van der Waals surface area contributed by atoms with Gasteiger partial charge in [0.1, 0.15) is 23.8 Å². The number of benzene rings is 1. The summed E-state index contributed by atoms with van der Waals surface area (Å²) in [5.41, 5.74) is 1.78. The number of aromatic amines is 1. The molecule has 4 N–H and O–H groups in total. The predicted octanol–water partition coefficient (Wildman–Crippen LogP) is 1.94. The lowest BCUT2D eigenvalue weighted by atomic mass is 10.1. The number of nitrogens with two attached hydrogens (primary N) is 1. The topological polar surface area (TPSA) is 166 Å². The third kappa shape index (κ3) is 4.78. The molecule has 11 nitrogen and oxygen atoms in total. The summed E-state index contributed by atoms with van der Waals surface area (Å²) in [5, 5.41) is 17.1. The summed E-state index contributed by atoms with van der Waals surface area (Å²) in [5.74, 6) is 0.461. The molecule has 0 spiro atoms. The zero-order chi connectivity index (χ0) is 22.3. The number of hydrogen-bond acceptors (Lipinski definition) is 9. The van der Waals surface area contributed by atoms with Gasteiger partial charge in [0.25, 0.3) is 0 Å². The van der Waals surface area contributed by atoms with Crippen LogP contribution in [0.25, 0.3) is 33.3 Å². The Morgan fingerprint density at radius 1 is 1.18 bits per heavy atom. The molecular weight excluding hydrogens is 448 g/mol. The van der Waals surface area contributed by atoms with Crippen LogP contribution in [-0.2, 0) is 14.5 Å². The van der Waals surface area contributed by atoms with E-state index in [0.29, 0.717) is 35.7 Å². The summed E-state index contributed by atoms with van der Waals surface area (Å²) in [7, 11) is -4.07. The summed E-state index contributed by atoms with van der Waals surface area (Å²) < 4.78 is 32.7. The van der Waals surface area contributed by atoms with Crippen molar-refractivity contribution in [2.45, 2.75) is 32.5 Å². The first-order valence-corrected chi connectivity index (χ1v) is 11.4. The normalized spacial score (nSPS) is 20.7. The van der Waals surface area contributed by atoms with E-state index in [9.17, 15) is 13.5 Å². The van der Waals surface area contributed by atoms with Crippen LogP contribution in [0, 0.1) is 5.92 Å². The third-order valence-electron chi connectivity index (χ3n) is 5.52. The smallest absolute Gasteiger partial charge is 0.333 e. The largest absolute Gasteiger partial charge is 0.473 e. The molecule has 3 heterocycles. The van der Waals surface area contributed by atoms with Gasteiger partial charge in [0, 0.05) is 35.7 Å². The minimum absolute atomic E-state index is 0. The molecule has 0 amide bonds. The predicted molar refractivity (Wildman–Crippen MR) is 121 cm³/mol. The molecule has 174 valence electrons. The van der Waals surface area contributed by atoms with Gasteiger partial charge in [0.2, 0.25) is 5.88 Å². The quantitative estimate of drug-likeness (QED) is 0.380. The fourth-order valence-electron chi connectivity index (χ4n) is 4.00. The molecule has 5 rings (SSSR count). The summed E-state index contributed by atoms with van der Waals surface area (Å²) in [6.07, 6.45) is 4.40. The fourth-order valence-corrected chi connectivity index (χ4v) is 4.36. The molecule has 12 heteroatoms. The van der Waals surface area contributed by atoms with Gasteiger partial charge in [-0.05, 0) is 11.8 Å². The number of ether oxygens (including phenoxy) is 1. The molecule has 3 atom stereocenters. The Balaban J connectivity index is 0.00000259. The van der Waals surface area contributed by atoms with Gasteiger partial charge in [-0.2, -0.15) is 13.4 Å². The van der Waals surface area contributed by atoms with Gasteiger partial charge in [0.05, 0.1) is 12.7 Å². The monoisotopic (exact) mass is 472 g/mol. The number of imidazole rings is 1. The Morgan fingerprint density at radius 2 is 2.00 bits per heavy atom. The first-order chi connectivity index (χ1) is 15.4. The second-order valence-corrected chi connectivity index (χ2v) is 8.91. The average Bonchev–Trinajstić information content (AvgIpc) is 3.35. The number of aromatic nitrogens is 5. The zero-order valence-corrected chi connectivity index (χ0v) is 17.6. The summed E-state index contributed by atoms with van der Waals surface area (Å²) in [4.78, 5) is 20.6. The molecule has 0 unspecified atom stereocenters. The third-order valence-corrected chi connectivity index (χ3v) is 5.98. The minimum atomic E-state index is -4.07. The van der Waals surface area contributed by atoms with Crippen molar-refractivity contribution in [1.82, 2.24) is 24.9 Å². The van der Waals surface area contributed by atoms with Crippen LogP contribution in [0.15, 0.2) is 43.0 Å². The summed E-state index contributed by atoms with van der Waals surface area (Å²) in [6.45, 7) is -0.207. The molecule has 1 saturated carbocycles. The molecule has 0 radical (unpaired) electrons. The van der Waals surface area contributed by atoms with E-state index in [1.54, 1.807) is 12.4 Å². The van der Waals surface area contributed by atoms with Gasteiger partial charge in [-0.15, -0.1) is 0 Å². The van der Waals surface area contributed by atoms with Crippen molar-refractivity contribution in [3.05, 3.63) is 43.0 Å². The first-order valence-electron chi connectivity index (χ1n) is 9.93. The van der Waals surface area contributed by atoms with Crippen LogP contribution < -0.4 is 9.88 Å². The Bertz CT molecular complexity index is 1390. The van der Waals surface area contributed by atoms with Crippen molar-refractivity contribution >= 4 is 32.2 Å². The van der Waals surface area contributed by atoms with Crippen LogP contribution in [-0.4, -0.2) is 57.3 Å². The second kappa shape index (κ2) is 8.98. The molecule has 4 aromatic rings. The van der Waals surface area contributed by atoms with Crippen molar-refractivity contribution in [2.75, 3.05) is 6.61 Å². The van der Waals surface area contributed by atoms with Crippen LogP contribution in [0.4, 0.5) is 0 Å². The van der Waals surface area contributed by atoms with Crippen LogP contribution in [0.1, 0.15) is 20.3 Å². The highest BCUT2D eigenvalue weighted by atomic mass is 32.2. The van der Waals surface area contributed by atoms with Crippen molar-refractivity contribution in [3.8, 4) is 17.3 Å². The minimum Gasteiger partial charge on any atom is -0.473 e. The summed E-state index contributed by atoms with van der Waals surface area (Å²) >= 11 is 0. The van der Waals surface area contributed by atoms with Gasteiger partial charge in [-0.3, -0.25) is 9.17 Å². The van der Waals surface area contributed by atoms with Gasteiger partial charge in [-0.1, -0.05) is 31.7 Å². The number of H-pyrrole nitrogens is 1. The molecule has 33 heavy (non-hydrogen) atoms. The van der Waals surface area contributed by atoms with Crippen LogP contribution in [0.5, 0.6) is 5.88 Å². The molecular formula is C21H24N6O5S. The molecule has 0 bridgehead atoms. The van der Waals surface area contributed by atoms with Crippen molar-refractivity contribution in [1.29, 1.82) is 0 Å². The van der Waals surface area contributed by atoms with Gasteiger partial charge < -0.3 is 14.8 Å². The summed E-state index contributed by atoms with van der Waals surface area (Å²) in [6, 6.07) is 7.86. The first kappa shape index (κ1) is 23.0. The highest BCUT2D eigenvalue weighted by Gasteiger charge is 2.36. The van der Waals surface area contributed by atoms with Gasteiger partial charge in [-0.25, -0.2) is 15.1 Å². The lowest BCUT2D eigenvalue weighted by molar-refractivity contribution is 0.0986. The lowest BCUT2D eigenvalue weighted by Gasteiger charge is -2.13. The highest BCUT2D eigenvalue weighted by Crippen LogP contribution is 2.33. The molecule has 0 saturated heterocycles. The fraction of sp³-hybridized carbons (Fsp3) is 0.333. The standard InChI is InChI=1S/C20H20N6O5S.CH4/c21-32(28,29)30-9-12-5-13(6-16(12)27)31-20-17-19(23-10-24-20)26-18(25-17)15-8-22-7-11-3-1-2-4-14(11)15;/h1-4,7-8,10,12-13,16,27H,5-6,9H2,(H2,21,28,29)(H,23,24,25,26);1H4/t12-,13+,16-;/m0./s1. The molecule has 1 aliphatic carbocycles. The number of fused-ring (bicyclic) bond motifs is 2. The maximum atomic E-state index is 11.0. The Labute approximate surface area is 190 Å². The van der Waals surface area contributed by atoms with E-state index in [0.717, 1.165) is 16.3 Å². The van der Waals surface area contributed by atoms with Crippen molar-refractivity contribution < 1.29 is 22.4 Å². The number of rotatable bonds is 6. The van der Waals surface area contributed by atoms with E-state index in [1.807, 2.05) is 24.3 Å². The van der Waals surface area contributed by atoms with Crippen LogP contribution >= 0.6 is 0 Å². The molecule has 0 aliphatic heterocycles. The Morgan fingerprint density at radius 3 is 2.82 bits per heavy atom. The number of pyridine rings is 1. The van der Waals surface area contributed by atoms with Crippen LogP contribution in [0.2, 0.25) is 0 Å². The molecule has 3 aromatic heterocycles. The molecule has 1 aliphatic rings. The Hall–Kier alpha value is -3.19. The van der Waals surface area contributed by atoms with E-state index in [4.69, 9.17) is 9.88 Å².